The van der Waals surface area contributed by atoms with Gasteiger partial charge in [-0.05, 0) is 19.3 Å². The fourth-order valence-electron chi connectivity index (χ4n) is 1.08. The number of carbonyl (C=O) groups is 2. The molecule has 0 aliphatic rings. The van der Waals surface area contributed by atoms with Crippen molar-refractivity contribution < 1.29 is 14.3 Å². The van der Waals surface area contributed by atoms with Gasteiger partial charge >= 0.3 is 35.5 Å². The molecule has 0 radical (unpaired) electrons. The van der Waals surface area contributed by atoms with Gasteiger partial charge in [-0.3, -0.25) is 9.59 Å². The zero-order valence-electron chi connectivity index (χ0n) is 9.34. The SMILES string of the molecule is CC(=O)COC(=O)CCCCC(C)C.[NaH]. The summed E-state index contributed by atoms with van der Waals surface area (Å²) in [6.07, 6.45) is 3.47. The van der Waals surface area contributed by atoms with Gasteiger partial charge in [0, 0.05) is 6.42 Å². The van der Waals surface area contributed by atoms with Gasteiger partial charge in [0.25, 0.3) is 0 Å². The van der Waals surface area contributed by atoms with Gasteiger partial charge in [-0.25, -0.2) is 0 Å². The third-order valence-corrected chi connectivity index (χ3v) is 1.85. The van der Waals surface area contributed by atoms with Crippen molar-refractivity contribution in [2.45, 2.75) is 46.5 Å². The Morgan fingerprint density at radius 3 is 2.27 bits per heavy atom. The van der Waals surface area contributed by atoms with E-state index in [4.69, 9.17) is 4.74 Å². The molecule has 0 spiro atoms. The molecular formula is C11H21NaO3. The first kappa shape index (κ1) is 17.5. The van der Waals surface area contributed by atoms with Crippen molar-refractivity contribution in [2.24, 2.45) is 5.92 Å². The molecule has 0 N–H and O–H groups in total. The van der Waals surface area contributed by atoms with Gasteiger partial charge in [-0.15, -0.1) is 0 Å². The molecule has 0 atom stereocenters. The van der Waals surface area contributed by atoms with Crippen molar-refractivity contribution in [3.8, 4) is 0 Å². The zero-order chi connectivity index (χ0) is 11.0. The predicted octanol–water partition coefficient (Wildman–Crippen LogP) is 1.69. The Hall–Kier alpha value is 0.140. The first-order valence-corrected chi connectivity index (χ1v) is 5.17. The van der Waals surface area contributed by atoms with E-state index in [-0.39, 0.29) is 47.9 Å². The van der Waals surface area contributed by atoms with E-state index in [9.17, 15) is 9.59 Å². The van der Waals surface area contributed by atoms with E-state index in [1.54, 1.807) is 0 Å². The topological polar surface area (TPSA) is 43.4 Å². The third-order valence-electron chi connectivity index (χ3n) is 1.85. The van der Waals surface area contributed by atoms with E-state index in [1.807, 2.05) is 0 Å². The van der Waals surface area contributed by atoms with Crippen molar-refractivity contribution >= 4 is 41.3 Å². The summed E-state index contributed by atoms with van der Waals surface area (Å²) >= 11 is 0. The Kier molecular flexibility index (Phi) is 12.4. The van der Waals surface area contributed by atoms with E-state index in [1.165, 1.54) is 6.92 Å². The molecule has 0 aliphatic heterocycles. The van der Waals surface area contributed by atoms with E-state index in [2.05, 4.69) is 13.8 Å². The van der Waals surface area contributed by atoms with Crippen molar-refractivity contribution in [3.63, 3.8) is 0 Å². The molecule has 0 fully saturated rings. The van der Waals surface area contributed by atoms with Crippen LogP contribution < -0.4 is 0 Å². The molecule has 0 amide bonds. The van der Waals surface area contributed by atoms with Crippen LogP contribution in [0.5, 0.6) is 0 Å². The Bertz CT molecular complexity index is 190. The van der Waals surface area contributed by atoms with E-state index < -0.39 is 0 Å². The maximum absolute atomic E-state index is 11.0. The molecule has 84 valence electrons. The number of hydrogen-bond acceptors (Lipinski definition) is 3. The number of unbranched alkanes of at least 4 members (excludes halogenated alkanes) is 1. The van der Waals surface area contributed by atoms with Gasteiger partial charge in [-0.2, -0.15) is 0 Å². The minimum absolute atomic E-state index is 0. The average molecular weight is 224 g/mol. The van der Waals surface area contributed by atoms with Gasteiger partial charge in [0.2, 0.25) is 0 Å². The van der Waals surface area contributed by atoms with Gasteiger partial charge in [0.15, 0.2) is 5.78 Å². The van der Waals surface area contributed by atoms with Crippen molar-refractivity contribution in [2.75, 3.05) is 6.61 Å². The Morgan fingerprint density at radius 2 is 1.80 bits per heavy atom. The van der Waals surface area contributed by atoms with E-state index in [0.717, 1.165) is 19.3 Å². The molecule has 0 aromatic rings. The molecule has 0 saturated heterocycles. The van der Waals surface area contributed by atoms with Crippen LogP contribution in [0.1, 0.15) is 46.5 Å². The first-order chi connectivity index (χ1) is 6.52. The summed E-state index contributed by atoms with van der Waals surface area (Å²) in [7, 11) is 0. The van der Waals surface area contributed by atoms with Crippen LogP contribution in [-0.2, 0) is 14.3 Å². The van der Waals surface area contributed by atoms with Crippen LogP contribution in [0.25, 0.3) is 0 Å². The second-order valence-electron chi connectivity index (χ2n) is 4.00. The standard InChI is InChI=1S/C11H20O3.Na.H/c1-9(2)6-4-5-7-11(13)14-8-10(3)12;;/h9H,4-8H2,1-3H3;;. The second-order valence-corrected chi connectivity index (χ2v) is 4.00. The van der Waals surface area contributed by atoms with Crippen LogP contribution in [0.4, 0.5) is 0 Å². The van der Waals surface area contributed by atoms with Crippen LogP contribution in [0.2, 0.25) is 0 Å². The summed E-state index contributed by atoms with van der Waals surface area (Å²) in [5, 5.41) is 0. The Balaban J connectivity index is 0. The predicted molar refractivity (Wildman–Crippen MR) is 62.1 cm³/mol. The Labute approximate surface area is 114 Å². The number of rotatable bonds is 7. The van der Waals surface area contributed by atoms with Crippen LogP contribution in [0, 0.1) is 5.92 Å². The summed E-state index contributed by atoms with van der Waals surface area (Å²) in [6.45, 7) is 5.65. The fourth-order valence-corrected chi connectivity index (χ4v) is 1.08. The molecule has 0 aliphatic carbocycles. The number of hydrogen-bond donors (Lipinski definition) is 0. The molecule has 0 aromatic carbocycles. The van der Waals surface area contributed by atoms with Gasteiger partial charge in [0.05, 0.1) is 0 Å². The van der Waals surface area contributed by atoms with Gasteiger partial charge in [-0.1, -0.05) is 26.7 Å². The summed E-state index contributed by atoms with van der Waals surface area (Å²) in [5.41, 5.74) is 0. The Morgan fingerprint density at radius 1 is 1.20 bits per heavy atom. The number of Topliss-reactive ketones (excluding diaryl/α,β-unsaturated/α-hetero) is 1. The molecule has 0 saturated carbocycles. The fraction of sp³-hybridized carbons (Fsp3) is 0.818. The number of esters is 1. The van der Waals surface area contributed by atoms with Gasteiger partial charge < -0.3 is 4.74 Å². The molecule has 15 heavy (non-hydrogen) atoms. The maximum atomic E-state index is 11.0. The second kappa shape index (κ2) is 10.7. The normalized spacial score (nSPS) is 9.60. The number of ether oxygens (including phenoxy) is 1. The van der Waals surface area contributed by atoms with Crippen molar-refractivity contribution in [3.05, 3.63) is 0 Å². The van der Waals surface area contributed by atoms with Crippen LogP contribution in [-0.4, -0.2) is 47.9 Å². The van der Waals surface area contributed by atoms with Crippen molar-refractivity contribution in [1.82, 2.24) is 0 Å². The number of ketones is 1. The average Bonchev–Trinajstić information content (AvgIpc) is 2.08. The zero-order valence-corrected chi connectivity index (χ0v) is 9.34. The molecule has 0 aromatic heterocycles. The molecular weight excluding hydrogens is 203 g/mol. The minimum atomic E-state index is -0.260. The quantitative estimate of drug-likeness (QED) is 0.375. The third kappa shape index (κ3) is 14.1. The van der Waals surface area contributed by atoms with Crippen LogP contribution >= 0.6 is 0 Å². The number of carbonyl (C=O) groups excluding carboxylic acids is 2. The van der Waals surface area contributed by atoms with Crippen molar-refractivity contribution in [1.29, 1.82) is 0 Å². The summed E-state index contributed by atoms with van der Waals surface area (Å²) in [5.74, 6) is 0.313. The summed E-state index contributed by atoms with van der Waals surface area (Å²) in [6, 6.07) is 0. The molecule has 3 nitrogen and oxygen atoms in total. The van der Waals surface area contributed by atoms with Crippen LogP contribution in [0.3, 0.4) is 0 Å². The first-order valence-electron chi connectivity index (χ1n) is 5.17. The van der Waals surface area contributed by atoms with Gasteiger partial charge in [0.1, 0.15) is 6.61 Å². The summed E-state index contributed by atoms with van der Waals surface area (Å²) < 4.78 is 4.72. The molecule has 4 heteroatoms. The molecule has 0 unspecified atom stereocenters. The van der Waals surface area contributed by atoms with Crippen LogP contribution in [0.15, 0.2) is 0 Å². The van der Waals surface area contributed by atoms with E-state index in [0.29, 0.717) is 12.3 Å². The van der Waals surface area contributed by atoms with E-state index >= 15 is 0 Å². The monoisotopic (exact) mass is 224 g/mol. The molecule has 0 bridgehead atoms. The summed E-state index contributed by atoms with van der Waals surface area (Å²) in [4.78, 5) is 21.5. The molecule has 0 heterocycles. The molecule has 0 rings (SSSR count).